The van der Waals surface area contributed by atoms with E-state index in [4.69, 9.17) is 4.74 Å². The number of alkyl halides is 3. The Hall–Kier alpha value is -4.13. The molecule has 0 spiro atoms. The predicted molar refractivity (Wildman–Crippen MR) is 134 cm³/mol. The molecule has 0 bridgehead atoms. The molecule has 0 aliphatic carbocycles. The quantitative estimate of drug-likeness (QED) is 0.284. The van der Waals surface area contributed by atoms with Gasteiger partial charge in [-0.15, -0.1) is 0 Å². The summed E-state index contributed by atoms with van der Waals surface area (Å²) in [7, 11) is 0. The van der Waals surface area contributed by atoms with Crippen molar-refractivity contribution in [1.82, 2.24) is 4.98 Å². The summed E-state index contributed by atoms with van der Waals surface area (Å²) in [6.45, 7) is 2.56. The average Bonchev–Trinajstić information content (AvgIpc) is 2.89. The fourth-order valence-electron chi connectivity index (χ4n) is 3.69. The van der Waals surface area contributed by atoms with Crippen molar-refractivity contribution < 1.29 is 22.7 Å². The highest BCUT2D eigenvalue weighted by Gasteiger charge is 2.30. The standard InChI is InChI=1S/C29H25F3N2O2/c1-2-20-7-12-23(33-19-20)17-18-36-25-15-13-24(14-16-25)34-28(35)27-6-4-3-5-26(27)21-8-10-22(11-9-21)29(30,31)32/h3-16,19H,2,17-18H2,1H3,(H,34,35). The van der Waals surface area contributed by atoms with Gasteiger partial charge in [0.05, 0.1) is 12.2 Å². The molecule has 1 aromatic heterocycles. The van der Waals surface area contributed by atoms with E-state index < -0.39 is 11.7 Å². The Bertz CT molecular complexity index is 1300. The topological polar surface area (TPSA) is 51.2 Å². The van der Waals surface area contributed by atoms with Crippen molar-refractivity contribution in [3.63, 3.8) is 0 Å². The number of amides is 1. The fraction of sp³-hybridized carbons (Fsp3) is 0.172. The molecule has 0 aliphatic rings. The number of pyridine rings is 1. The summed E-state index contributed by atoms with van der Waals surface area (Å²) in [5.41, 5.74) is 3.43. The van der Waals surface area contributed by atoms with Gasteiger partial charge in [-0.2, -0.15) is 13.2 Å². The van der Waals surface area contributed by atoms with Gasteiger partial charge in [0.1, 0.15) is 5.75 Å². The Balaban J connectivity index is 1.38. The molecule has 0 aliphatic heterocycles. The van der Waals surface area contributed by atoms with Gasteiger partial charge >= 0.3 is 6.18 Å². The molecule has 0 saturated carbocycles. The van der Waals surface area contributed by atoms with Crippen LogP contribution in [0.3, 0.4) is 0 Å². The Morgan fingerprint density at radius 3 is 2.28 bits per heavy atom. The van der Waals surface area contributed by atoms with Gasteiger partial charge in [0.25, 0.3) is 5.91 Å². The van der Waals surface area contributed by atoms with E-state index in [1.807, 2.05) is 12.3 Å². The Kier molecular flexibility index (Phi) is 7.68. The highest BCUT2D eigenvalue weighted by Crippen LogP contribution is 2.32. The molecule has 0 fully saturated rings. The van der Waals surface area contributed by atoms with Crippen LogP contribution in [0.4, 0.5) is 18.9 Å². The highest BCUT2D eigenvalue weighted by molar-refractivity contribution is 6.08. The number of benzene rings is 3. The lowest BCUT2D eigenvalue weighted by Gasteiger charge is -2.12. The molecule has 1 heterocycles. The van der Waals surface area contributed by atoms with Crippen LogP contribution < -0.4 is 10.1 Å². The number of nitrogens with one attached hydrogen (secondary N) is 1. The molecule has 184 valence electrons. The zero-order chi connectivity index (χ0) is 25.5. The number of ether oxygens (including phenoxy) is 1. The van der Waals surface area contributed by atoms with Gasteiger partial charge in [-0.1, -0.05) is 43.3 Å². The number of hydrogen-bond acceptors (Lipinski definition) is 3. The van der Waals surface area contributed by atoms with E-state index in [1.54, 1.807) is 48.5 Å². The Morgan fingerprint density at radius 1 is 0.917 bits per heavy atom. The molecule has 0 unspecified atom stereocenters. The van der Waals surface area contributed by atoms with E-state index in [2.05, 4.69) is 23.3 Å². The number of hydrogen-bond donors (Lipinski definition) is 1. The molecule has 0 saturated heterocycles. The second kappa shape index (κ2) is 11.1. The van der Waals surface area contributed by atoms with E-state index >= 15 is 0 Å². The lowest BCUT2D eigenvalue weighted by Crippen LogP contribution is -2.13. The summed E-state index contributed by atoms with van der Waals surface area (Å²) in [4.78, 5) is 17.4. The highest BCUT2D eigenvalue weighted by atomic mass is 19.4. The van der Waals surface area contributed by atoms with Crippen molar-refractivity contribution in [1.29, 1.82) is 0 Å². The first-order valence-electron chi connectivity index (χ1n) is 11.6. The maximum absolute atomic E-state index is 13.0. The fourth-order valence-corrected chi connectivity index (χ4v) is 3.69. The lowest BCUT2D eigenvalue weighted by molar-refractivity contribution is -0.137. The second-order valence-electron chi connectivity index (χ2n) is 8.21. The van der Waals surface area contributed by atoms with Gasteiger partial charge < -0.3 is 10.1 Å². The smallest absolute Gasteiger partial charge is 0.416 e. The lowest BCUT2D eigenvalue weighted by atomic mass is 9.98. The van der Waals surface area contributed by atoms with E-state index in [1.165, 1.54) is 17.7 Å². The predicted octanol–water partition coefficient (Wildman–Crippen LogP) is 7.20. The number of aromatic nitrogens is 1. The number of anilines is 1. The average molecular weight is 491 g/mol. The third-order valence-electron chi connectivity index (χ3n) is 5.73. The minimum absolute atomic E-state index is 0.360. The molecule has 0 atom stereocenters. The number of rotatable bonds is 8. The normalized spacial score (nSPS) is 11.2. The van der Waals surface area contributed by atoms with Crippen LogP contribution in [0.2, 0.25) is 0 Å². The van der Waals surface area contributed by atoms with Gasteiger partial charge in [0.15, 0.2) is 0 Å². The number of carbonyl (C=O) groups excluding carboxylic acids is 1. The molecule has 1 N–H and O–H groups in total. The number of carbonyl (C=O) groups is 1. The van der Waals surface area contributed by atoms with Crippen LogP contribution in [-0.2, 0) is 19.0 Å². The maximum Gasteiger partial charge on any atom is 0.416 e. The van der Waals surface area contributed by atoms with Crippen molar-refractivity contribution >= 4 is 11.6 Å². The summed E-state index contributed by atoms with van der Waals surface area (Å²) in [5.74, 6) is 0.309. The van der Waals surface area contributed by atoms with E-state index in [-0.39, 0.29) is 5.91 Å². The monoisotopic (exact) mass is 490 g/mol. The van der Waals surface area contributed by atoms with Crippen LogP contribution in [0, 0.1) is 0 Å². The number of nitrogens with zero attached hydrogens (tertiary/aromatic N) is 1. The molecule has 7 heteroatoms. The van der Waals surface area contributed by atoms with Crippen molar-refractivity contribution in [2.24, 2.45) is 0 Å². The first-order valence-corrected chi connectivity index (χ1v) is 11.6. The van der Waals surface area contributed by atoms with Crippen LogP contribution in [-0.4, -0.2) is 17.5 Å². The minimum Gasteiger partial charge on any atom is -0.493 e. The van der Waals surface area contributed by atoms with Gasteiger partial charge in [0, 0.05) is 29.6 Å². The van der Waals surface area contributed by atoms with Crippen molar-refractivity contribution in [3.05, 3.63) is 114 Å². The van der Waals surface area contributed by atoms with Crippen molar-refractivity contribution in [2.45, 2.75) is 25.9 Å². The molecule has 4 aromatic rings. The molecule has 36 heavy (non-hydrogen) atoms. The van der Waals surface area contributed by atoms with E-state index in [0.717, 1.165) is 24.2 Å². The van der Waals surface area contributed by atoms with Crippen LogP contribution in [0.25, 0.3) is 11.1 Å². The van der Waals surface area contributed by atoms with E-state index in [0.29, 0.717) is 41.2 Å². The second-order valence-corrected chi connectivity index (χ2v) is 8.21. The molecule has 4 rings (SSSR count). The Morgan fingerprint density at radius 2 is 1.64 bits per heavy atom. The minimum atomic E-state index is -4.41. The number of halogens is 3. The first kappa shape index (κ1) is 25.0. The molecular weight excluding hydrogens is 465 g/mol. The van der Waals surface area contributed by atoms with Gasteiger partial charge in [-0.25, -0.2) is 0 Å². The summed E-state index contributed by atoms with van der Waals surface area (Å²) < 4.78 is 44.5. The molecular formula is C29H25F3N2O2. The zero-order valence-electron chi connectivity index (χ0n) is 19.7. The van der Waals surface area contributed by atoms with Crippen LogP contribution >= 0.6 is 0 Å². The molecule has 3 aromatic carbocycles. The summed E-state index contributed by atoms with van der Waals surface area (Å²) >= 11 is 0. The van der Waals surface area contributed by atoms with Crippen molar-refractivity contribution in [2.75, 3.05) is 11.9 Å². The van der Waals surface area contributed by atoms with Crippen LogP contribution in [0.15, 0.2) is 91.1 Å². The number of aryl methyl sites for hydroxylation is 1. The summed E-state index contributed by atoms with van der Waals surface area (Å²) in [6.07, 6.45) is -0.901. The maximum atomic E-state index is 13.0. The molecule has 0 radical (unpaired) electrons. The van der Waals surface area contributed by atoms with Crippen LogP contribution in [0.1, 0.15) is 34.1 Å². The van der Waals surface area contributed by atoms with Gasteiger partial charge in [-0.3, -0.25) is 9.78 Å². The SMILES string of the molecule is CCc1ccc(CCOc2ccc(NC(=O)c3ccccc3-c3ccc(C(F)(F)F)cc3)cc2)nc1. The summed E-state index contributed by atoms with van der Waals surface area (Å²) in [6, 6.07) is 22.6. The van der Waals surface area contributed by atoms with Crippen LogP contribution in [0.5, 0.6) is 5.75 Å². The largest absolute Gasteiger partial charge is 0.493 e. The third-order valence-corrected chi connectivity index (χ3v) is 5.73. The molecule has 1 amide bonds. The Labute approximate surface area is 207 Å². The third kappa shape index (κ3) is 6.30. The summed E-state index contributed by atoms with van der Waals surface area (Å²) in [5, 5.41) is 2.84. The van der Waals surface area contributed by atoms with Gasteiger partial charge in [0.2, 0.25) is 0 Å². The molecule has 4 nitrogen and oxygen atoms in total. The van der Waals surface area contributed by atoms with Crippen molar-refractivity contribution in [3.8, 4) is 16.9 Å². The van der Waals surface area contributed by atoms with Gasteiger partial charge in [-0.05, 0) is 71.6 Å². The van der Waals surface area contributed by atoms with E-state index in [9.17, 15) is 18.0 Å². The first-order chi connectivity index (χ1) is 17.3. The zero-order valence-corrected chi connectivity index (χ0v) is 19.7.